The van der Waals surface area contributed by atoms with Gasteiger partial charge in [0.25, 0.3) is 0 Å². The lowest BCUT2D eigenvalue weighted by Crippen LogP contribution is -2.39. The van der Waals surface area contributed by atoms with E-state index >= 15 is 4.39 Å². The summed E-state index contributed by atoms with van der Waals surface area (Å²) in [6, 6.07) is 5.72. The maximum atomic E-state index is 15.4. The lowest BCUT2D eigenvalue weighted by molar-refractivity contribution is -0.142. The molecule has 6 rings (SSSR count). The van der Waals surface area contributed by atoms with Gasteiger partial charge in [0, 0.05) is 36.3 Å². The van der Waals surface area contributed by atoms with Crippen molar-refractivity contribution in [1.82, 2.24) is 15.2 Å². The van der Waals surface area contributed by atoms with E-state index in [0.717, 1.165) is 35.3 Å². The minimum atomic E-state index is -0.469. The second-order valence-electron chi connectivity index (χ2n) is 9.24. The molecule has 3 unspecified atom stereocenters. The number of pyridine rings is 1. The quantitative estimate of drug-likeness (QED) is 0.535. The molecule has 1 aliphatic carbocycles. The number of morpholine rings is 1. The summed E-state index contributed by atoms with van der Waals surface area (Å²) in [6.45, 7) is 4.26. The fraction of sp³-hybridized carbons (Fsp3) is 0.400. The molecule has 2 aliphatic heterocycles. The summed E-state index contributed by atoms with van der Waals surface area (Å²) < 4.78 is 22.0. The summed E-state index contributed by atoms with van der Waals surface area (Å²) in [5.41, 5.74) is 4.17. The van der Waals surface area contributed by atoms with Crippen LogP contribution in [0.3, 0.4) is 0 Å². The van der Waals surface area contributed by atoms with Crippen LogP contribution < -0.4 is 5.32 Å². The van der Waals surface area contributed by atoms with Gasteiger partial charge in [-0.25, -0.2) is 4.39 Å². The number of carbonyl (C=O) groups excluding carboxylic acids is 2. The third-order valence-corrected chi connectivity index (χ3v) is 8.40. The zero-order valence-corrected chi connectivity index (χ0v) is 20.1. The van der Waals surface area contributed by atoms with Gasteiger partial charge in [-0.1, -0.05) is 11.6 Å². The predicted molar refractivity (Wildman–Crippen MR) is 128 cm³/mol. The highest BCUT2D eigenvalue weighted by atomic mass is 35.5. The first-order valence-electron chi connectivity index (χ1n) is 11.4. The standard InChI is InChI=1S/C25H23ClFN3O3S/c1-12-6-13(26)7-17(16(12)8-14-10-28-4-5-33-14)15-2-3-29-22-21(27)20(34-23(15)22)11-30-24(31)18-9-19(18)25(30)32/h2-3,6-7,14,18-19,28H,4-5,8-11H2,1H3. The van der Waals surface area contributed by atoms with Crippen molar-refractivity contribution in [2.45, 2.75) is 32.4 Å². The minimum Gasteiger partial charge on any atom is -0.375 e. The molecule has 1 saturated carbocycles. The number of benzene rings is 1. The van der Waals surface area contributed by atoms with Crippen molar-refractivity contribution in [1.29, 1.82) is 0 Å². The molecule has 9 heteroatoms. The van der Waals surface area contributed by atoms with Crippen LogP contribution in [0.5, 0.6) is 0 Å². The smallest absolute Gasteiger partial charge is 0.233 e. The summed E-state index contributed by atoms with van der Waals surface area (Å²) >= 11 is 7.70. The van der Waals surface area contributed by atoms with Gasteiger partial charge in [-0.15, -0.1) is 11.3 Å². The molecule has 1 aromatic carbocycles. The number of aromatic nitrogens is 1. The van der Waals surface area contributed by atoms with Gasteiger partial charge in [-0.05, 0) is 48.2 Å². The highest BCUT2D eigenvalue weighted by Crippen LogP contribution is 2.48. The largest absolute Gasteiger partial charge is 0.375 e. The first-order chi connectivity index (χ1) is 16.4. The number of nitrogens with zero attached hydrogens (tertiary/aromatic N) is 2. The van der Waals surface area contributed by atoms with E-state index in [4.69, 9.17) is 16.3 Å². The van der Waals surface area contributed by atoms with Crippen LogP contribution in [-0.4, -0.2) is 47.5 Å². The Balaban J connectivity index is 1.41. The predicted octanol–water partition coefficient (Wildman–Crippen LogP) is 4.10. The van der Waals surface area contributed by atoms with Crippen molar-refractivity contribution < 1.29 is 18.7 Å². The monoisotopic (exact) mass is 499 g/mol. The third kappa shape index (κ3) is 3.64. The minimum absolute atomic E-state index is 0.0407. The maximum absolute atomic E-state index is 15.4. The number of aryl methyl sites for hydroxylation is 1. The molecule has 6 nitrogen and oxygen atoms in total. The van der Waals surface area contributed by atoms with Crippen LogP contribution in [0.2, 0.25) is 5.02 Å². The van der Waals surface area contributed by atoms with Gasteiger partial charge >= 0.3 is 0 Å². The van der Waals surface area contributed by atoms with Crippen LogP contribution in [0.25, 0.3) is 21.3 Å². The maximum Gasteiger partial charge on any atom is 0.233 e. The molecular formula is C25H23ClFN3O3S. The summed E-state index contributed by atoms with van der Waals surface area (Å²) in [6.07, 6.45) is 2.97. The normalized spacial score (nSPS) is 24.2. The Hall–Kier alpha value is -2.39. The number of amides is 2. The molecule has 1 N–H and O–H groups in total. The van der Waals surface area contributed by atoms with Crippen molar-refractivity contribution in [2.75, 3.05) is 19.7 Å². The van der Waals surface area contributed by atoms with Crippen molar-refractivity contribution in [3.8, 4) is 11.1 Å². The lowest BCUT2D eigenvalue weighted by Gasteiger charge is -2.25. The number of fused-ring (bicyclic) bond motifs is 2. The number of hydrogen-bond acceptors (Lipinski definition) is 6. The van der Waals surface area contributed by atoms with Crippen LogP contribution in [-0.2, 0) is 27.3 Å². The van der Waals surface area contributed by atoms with E-state index in [1.807, 2.05) is 25.1 Å². The van der Waals surface area contributed by atoms with E-state index in [9.17, 15) is 9.59 Å². The summed E-state index contributed by atoms with van der Waals surface area (Å²) in [5, 5.41) is 3.97. The third-order valence-electron chi connectivity index (χ3n) is 7.01. The van der Waals surface area contributed by atoms with Crippen molar-refractivity contribution in [3.63, 3.8) is 0 Å². The van der Waals surface area contributed by atoms with Crippen molar-refractivity contribution >= 4 is 45.0 Å². The van der Waals surface area contributed by atoms with Gasteiger partial charge in [-0.2, -0.15) is 0 Å². The SMILES string of the molecule is Cc1cc(Cl)cc(-c2ccnc3c(F)c(CN4C(=O)C5CC5C4=O)sc23)c1CC1CNCCO1. The van der Waals surface area contributed by atoms with Crippen molar-refractivity contribution in [2.24, 2.45) is 11.8 Å². The molecule has 2 aromatic heterocycles. The van der Waals surface area contributed by atoms with Gasteiger partial charge in [0.05, 0.1) is 40.7 Å². The number of nitrogens with one attached hydrogen (secondary N) is 1. The van der Waals surface area contributed by atoms with E-state index < -0.39 is 5.82 Å². The number of rotatable bonds is 5. The van der Waals surface area contributed by atoms with E-state index in [2.05, 4.69) is 10.3 Å². The fourth-order valence-electron chi connectivity index (χ4n) is 5.13. The summed E-state index contributed by atoms with van der Waals surface area (Å²) in [5.74, 6) is -1.25. The van der Waals surface area contributed by atoms with Gasteiger partial charge in [0.15, 0.2) is 5.82 Å². The van der Waals surface area contributed by atoms with Crippen LogP contribution in [0, 0.1) is 24.6 Å². The van der Waals surface area contributed by atoms with E-state index in [1.54, 1.807) is 6.20 Å². The Bertz CT molecular complexity index is 1320. The van der Waals surface area contributed by atoms with E-state index in [-0.39, 0.29) is 41.8 Å². The average Bonchev–Trinajstić information content (AvgIpc) is 3.52. The van der Waals surface area contributed by atoms with Crippen LogP contribution in [0.1, 0.15) is 22.4 Å². The Labute approximate surface area is 205 Å². The number of carbonyl (C=O) groups is 2. The topological polar surface area (TPSA) is 71.5 Å². The first-order valence-corrected chi connectivity index (χ1v) is 12.6. The fourth-order valence-corrected chi connectivity index (χ4v) is 6.56. The van der Waals surface area contributed by atoms with Crippen LogP contribution >= 0.6 is 22.9 Å². The van der Waals surface area contributed by atoms with Gasteiger partial charge in [-0.3, -0.25) is 19.5 Å². The molecule has 34 heavy (non-hydrogen) atoms. The second-order valence-corrected chi connectivity index (χ2v) is 10.8. The molecule has 0 radical (unpaired) electrons. The van der Waals surface area contributed by atoms with Crippen LogP contribution in [0.4, 0.5) is 4.39 Å². The average molecular weight is 500 g/mol. The van der Waals surface area contributed by atoms with Crippen molar-refractivity contribution in [3.05, 3.63) is 51.2 Å². The van der Waals surface area contributed by atoms with Gasteiger partial charge in [0.2, 0.25) is 11.8 Å². The molecule has 3 aliphatic rings. The lowest BCUT2D eigenvalue weighted by atomic mass is 9.92. The Morgan fingerprint density at radius 2 is 2.06 bits per heavy atom. The molecule has 0 spiro atoms. The summed E-state index contributed by atoms with van der Waals surface area (Å²) in [4.78, 5) is 30.7. The highest BCUT2D eigenvalue weighted by Gasteiger charge is 2.58. The molecule has 4 heterocycles. The molecule has 3 aromatic rings. The van der Waals surface area contributed by atoms with Crippen LogP contribution in [0.15, 0.2) is 24.4 Å². The Morgan fingerprint density at radius 3 is 2.79 bits per heavy atom. The number of imide groups is 1. The number of ether oxygens (including phenoxy) is 1. The zero-order chi connectivity index (χ0) is 23.6. The number of thiophene rings is 1. The van der Waals surface area contributed by atoms with Gasteiger partial charge < -0.3 is 10.1 Å². The number of hydrogen-bond donors (Lipinski definition) is 1. The summed E-state index contributed by atoms with van der Waals surface area (Å²) in [7, 11) is 0. The molecule has 0 bridgehead atoms. The molecule has 2 amide bonds. The first kappa shape index (κ1) is 22.1. The zero-order valence-electron chi connectivity index (χ0n) is 18.6. The number of halogens is 2. The highest BCUT2D eigenvalue weighted by molar-refractivity contribution is 7.19. The molecule has 3 atom stereocenters. The Morgan fingerprint density at radius 1 is 1.26 bits per heavy atom. The molecular weight excluding hydrogens is 477 g/mol. The van der Waals surface area contributed by atoms with E-state index in [0.29, 0.717) is 34.0 Å². The van der Waals surface area contributed by atoms with Gasteiger partial charge in [0.1, 0.15) is 5.52 Å². The molecule has 176 valence electrons. The van der Waals surface area contributed by atoms with E-state index in [1.165, 1.54) is 16.2 Å². The second kappa shape index (κ2) is 8.37. The Kier molecular flexibility index (Phi) is 5.44. The molecule has 3 fully saturated rings. The number of likely N-dealkylation sites (tertiary alicyclic amines) is 1. The number of piperidine rings is 1. The molecule has 2 saturated heterocycles.